The monoisotopic (exact) mass is 446 g/mol. The van der Waals surface area contributed by atoms with Crippen LogP contribution in [0.5, 0.6) is 0 Å². The predicted octanol–water partition coefficient (Wildman–Crippen LogP) is 4.68. The first-order chi connectivity index (χ1) is 16.7. The molecule has 0 aliphatic carbocycles. The van der Waals surface area contributed by atoms with E-state index < -0.39 is 17.5 Å². The fourth-order valence-electron chi connectivity index (χ4n) is 3.92. The van der Waals surface area contributed by atoms with Gasteiger partial charge in [0.2, 0.25) is 5.66 Å². The number of anilines is 2. The molecule has 1 aliphatic heterocycles. The van der Waals surface area contributed by atoms with Gasteiger partial charge in [0.25, 0.3) is 5.91 Å². The zero-order valence-electron chi connectivity index (χ0n) is 18.3. The molecule has 0 aromatic heterocycles. The van der Waals surface area contributed by atoms with Crippen LogP contribution in [0.15, 0.2) is 126 Å². The molecule has 2 N–H and O–H groups in total. The molecule has 0 spiro atoms. The van der Waals surface area contributed by atoms with Crippen LogP contribution in [0.25, 0.3) is 0 Å². The molecule has 2 amide bonds. The van der Waals surface area contributed by atoms with E-state index in [2.05, 4.69) is 10.6 Å². The standard InChI is InChI=1S/C28H22N4O2/c33-26(22-15-7-2-8-16-22)30-28(29-23-17-9-3-10-18-23)25(21-13-5-1-6-14-21)31-32(27(28)34)24-19-11-4-12-20-24/h1-20,29H,(H,30,33). The summed E-state index contributed by atoms with van der Waals surface area (Å²) in [5, 5.41) is 12.3. The first kappa shape index (κ1) is 21.2. The summed E-state index contributed by atoms with van der Waals surface area (Å²) < 4.78 is 0. The van der Waals surface area contributed by atoms with E-state index >= 15 is 0 Å². The van der Waals surface area contributed by atoms with Crippen LogP contribution >= 0.6 is 0 Å². The Morgan fingerprint density at radius 3 is 1.85 bits per heavy atom. The van der Waals surface area contributed by atoms with Gasteiger partial charge in [-0.3, -0.25) is 9.59 Å². The topological polar surface area (TPSA) is 73.8 Å². The van der Waals surface area contributed by atoms with E-state index in [4.69, 9.17) is 5.10 Å². The Labute approximate surface area is 197 Å². The average molecular weight is 447 g/mol. The lowest BCUT2D eigenvalue weighted by atomic mass is 9.95. The van der Waals surface area contributed by atoms with Gasteiger partial charge in [0.05, 0.1) is 5.69 Å². The number of nitrogens with zero attached hydrogens (tertiary/aromatic N) is 2. The van der Waals surface area contributed by atoms with Crippen LogP contribution in [-0.4, -0.2) is 23.2 Å². The number of rotatable bonds is 6. The fraction of sp³-hybridized carbons (Fsp3) is 0.0357. The Hall–Kier alpha value is -4.71. The Kier molecular flexibility index (Phi) is 5.62. The summed E-state index contributed by atoms with van der Waals surface area (Å²) >= 11 is 0. The van der Waals surface area contributed by atoms with Crippen LogP contribution in [0.3, 0.4) is 0 Å². The van der Waals surface area contributed by atoms with E-state index in [1.807, 2.05) is 97.1 Å². The molecule has 6 heteroatoms. The van der Waals surface area contributed by atoms with Gasteiger partial charge in [-0.25, -0.2) is 0 Å². The van der Waals surface area contributed by atoms with Crippen molar-refractivity contribution in [3.63, 3.8) is 0 Å². The molecule has 1 heterocycles. The number of para-hydroxylation sites is 2. The number of hydrogen-bond acceptors (Lipinski definition) is 4. The van der Waals surface area contributed by atoms with Crippen molar-refractivity contribution in [2.24, 2.45) is 5.10 Å². The highest BCUT2D eigenvalue weighted by molar-refractivity contribution is 6.31. The Bertz CT molecular complexity index is 1330. The minimum absolute atomic E-state index is 0.393. The average Bonchev–Trinajstić information content (AvgIpc) is 3.17. The summed E-state index contributed by atoms with van der Waals surface area (Å²) in [6.45, 7) is 0. The summed E-state index contributed by atoms with van der Waals surface area (Å²) in [4.78, 5) is 27.5. The maximum Gasteiger partial charge on any atom is 0.300 e. The van der Waals surface area contributed by atoms with Crippen LogP contribution in [-0.2, 0) is 4.79 Å². The van der Waals surface area contributed by atoms with E-state index in [1.165, 1.54) is 5.01 Å². The van der Waals surface area contributed by atoms with Gasteiger partial charge in [-0.05, 0) is 36.4 Å². The molecular weight excluding hydrogens is 424 g/mol. The molecule has 1 unspecified atom stereocenters. The second-order valence-electron chi connectivity index (χ2n) is 7.83. The van der Waals surface area contributed by atoms with Crippen LogP contribution in [0.1, 0.15) is 15.9 Å². The molecular formula is C28H22N4O2. The smallest absolute Gasteiger partial charge is 0.300 e. The van der Waals surface area contributed by atoms with Gasteiger partial charge in [-0.2, -0.15) is 10.1 Å². The van der Waals surface area contributed by atoms with Crippen LogP contribution in [0.4, 0.5) is 11.4 Å². The van der Waals surface area contributed by atoms with Crippen molar-refractivity contribution in [1.82, 2.24) is 5.32 Å². The first-order valence-electron chi connectivity index (χ1n) is 10.9. The Morgan fingerprint density at radius 1 is 0.706 bits per heavy atom. The van der Waals surface area contributed by atoms with Crippen molar-refractivity contribution in [1.29, 1.82) is 0 Å². The minimum atomic E-state index is -1.63. The SMILES string of the molecule is O=C(NC1(Nc2ccccc2)C(=O)N(c2ccccc2)N=C1c1ccccc1)c1ccccc1. The van der Waals surface area contributed by atoms with Crippen molar-refractivity contribution in [2.45, 2.75) is 5.66 Å². The number of nitrogens with one attached hydrogen (secondary N) is 2. The molecule has 5 rings (SSSR count). The molecule has 6 nitrogen and oxygen atoms in total. The molecule has 0 radical (unpaired) electrons. The van der Waals surface area contributed by atoms with Crippen molar-refractivity contribution in [2.75, 3.05) is 10.3 Å². The van der Waals surface area contributed by atoms with Gasteiger partial charge in [0.15, 0.2) is 0 Å². The molecule has 4 aromatic rings. The van der Waals surface area contributed by atoms with Gasteiger partial charge in [-0.15, -0.1) is 0 Å². The zero-order chi connectivity index (χ0) is 23.4. The van der Waals surface area contributed by atoms with E-state index in [-0.39, 0.29) is 0 Å². The van der Waals surface area contributed by atoms with Crippen molar-refractivity contribution < 1.29 is 9.59 Å². The quantitative estimate of drug-likeness (QED) is 0.423. The summed E-state index contributed by atoms with van der Waals surface area (Å²) in [5.74, 6) is -0.804. The number of benzene rings is 4. The third kappa shape index (κ3) is 3.93. The molecule has 0 saturated carbocycles. The second kappa shape index (κ2) is 9.03. The zero-order valence-corrected chi connectivity index (χ0v) is 18.3. The highest BCUT2D eigenvalue weighted by Crippen LogP contribution is 2.31. The first-order valence-corrected chi connectivity index (χ1v) is 10.9. The molecule has 0 bridgehead atoms. The van der Waals surface area contributed by atoms with Crippen molar-refractivity contribution in [3.8, 4) is 0 Å². The maximum absolute atomic E-state index is 14.1. The lowest BCUT2D eigenvalue weighted by Crippen LogP contribution is -2.65. The second-order valence-corrected chi connectivity index (χ2v) is 7.83. The van der Waals surface area contributed by atoms with Crippen molar-refractivity contribution >= 4 is 28.9 Å². The highest BCUT2D eigenvalue weighted by atomic mass is 16.2. The fourth-order valence-corrected chi connectivity index (χ4v) is 3.92. The number of hydrogen-bond donors (Lipinski definition) is 2. The van der Waals surface area contributed by atoms with E-state index in [1.54, 1.807) is 24.3 Å². The van der Waals surface area contributed by atoms with Gasteiger partial charge >= 0.3 is 5.91 Å². The molecule has 34 heavy (non-hydrogen) atoms. The normalized spacial score (nSPS) is 17.2. The lowest BCUT2D eigenvalue weighted by Gasteiger charge is -2.32. The summed E-state index contributed by atoms with van der Waals surface area (Å²) in [6, 6.07) is 36.7. The summed E-state index contributed by atoms with van der Waals surface area (Å²) in [5.41, 5.74) is 1.19. The predicted molar refractivity (Wildman–Crippen MR) is 134 cm³/mol. The number of hydrazone groups is 1. The van der Waals surface area contributed by atoms with Gasteiger partial charge in [0, 0.05) is 16.8 Å². The summed E-state index contributed by atoms with van der Waals surface area (Å²) in [7, 11) is 0. The van der Waals surface area contributed by atoms with Gasteiger partial charge < -0.3 is 10.6 Å². The molecule has 1 aliphatic rings. The largest absolute Gasteiger partial charge is 0.350 e. The Morgan fingerprint density at radius 2 is 1.24 bits per heavy atom. The van der Waals surface area contributed by atoms with Gasteiger partial charge in [0.1, 0.15) is 5.71 Å². The van der Waals surface area contributed by atoms with Crippen LogP contribution in [0, 0.1) is 0 Å². The minimum Gasteiger partial charge on any atom is -0.350 e. The molecule has 4 aromatic carbocycles. The summed E-state index contributed by atoms with van der Waals surface area (Å²) in [6.07, 6.45) is 0. The third-order valence-corrected chi connectivity index (χ3v) is 5.56. The van der Waals surface area contributed by atoms with Crippen LogP contribution in [0.2, 0.25) is 0 Å². The molecule has 0 saturated heterocycles. The van der Waals surface area contributed by atoms with E-state index in [0.717, 1.165) is 0 Å². The maximum atomic E-state index is 14.1. The lowest BCUT2D eigenvalue weighted by molar-refractivity contribution is -0.120. The van der Waals surface area contributed by atoms with E-state index in [9.17, 15) is 9.59 Å². The van der Waals surface area contributed by atoms with Crippen molar-refractivity contribution in [3.05, 3.63) is 132 Å². The van der Waals surface area contributed by atoms with Crippen LogP contribution < -0.4 is 15.6 Å². The van der Waals surface area contributed by atoms with Gasteiger partial charge in [-0.1, -0.05) is 84.9 Å². The molecule has 0 fully saturated rings. The molecule has 1 atom stereocenters. The van der Waals surface area contributed by atoms with E-state index in [0.29, 0.717) is 28.2 Å². The third-order valence-electron chi connectivity index (χ3n) is 5.56. The number of amides is 2. The molecule has 166 valence electrons. The number of carbonyl (C=O) groups is 2. The number of carbonyl (C=O) groups excluding carboxylic acids is 2. The highest BCUT2D eigenvalue weighted by Gasteiger charge is 2.53. The Balaban J connectivity index is 1.67.